The molecule has 0 saturated carbocycles. The van der Waals surface area contributed by atoms with Crippen molar-refractivity contribution in [3.8, 4) is 0 Å². The van der Waals surface area contributed by atoms with Crippen molar-refractivity contribution < 1.29 is 14.3 Å². The molecule has 0 fully saturated rings. The molecule has 86 valence electrons. The molecule has 1 amide bonds. The summed E-state index contributed by atoms with van der Waals surface area (Å²) in [7, 11) is 3.49. The molecule has 0 saturated heterocycles. The molecule has 0 aromatic heterocycles. The molecule has 0 aromatic rings. The molecule has 0 radical (unpaired) electrons. The number of nitrogens with two attached hydrogens (primary N) is 1. The van der Waals surface area contributed by atoms with Crippen molar-refractivity contribution in [2.45, 2.75) is 13.0 Å². The summed E-state index contributed by atoms with van der Waals surface area (Å²) >= 11 is 0. The lowest BCUT2D eigenvalue weighted by molar-refractivity contribution is -0.144. The zero-order valence-electron chi connectivity index (χ0n) is 8.40. The number of hydrogen-bond acceptors (Lipinski definition) is 6. The van der Waals surface area contributed by atoms with Crippen LogP contribution in [0.25, 0.3) is 0 Å². The second-order valence-corrected chi connectivity index (χ2v) is 4.89. The molecule has 1 unspecified atom stereocenters. The maximum Gasteiger partial charge on any atom is 0.329 e. The van der Waals surface area contributed by atoms with Gasteiger partial charge in [-0.15, -0.1) is 0 Å². The summed E-state index contributed by atoms with van der Waals surface area (Å²) < 4.78 is 4.51. The fraction of sp³-hybridized carbons (Fsp3) is 0.571. The monoisotopic (exact) mass is 251 g/mol. The van der Waals surface area contributed by atoms with Crippen LogP contribution in [0.3, 0.4) is 0 Å². The van der Waals surface area contributed by atoms with Crippen LogP contribution in [0, 0.1) is 5.41 Å². The molecule has 0 aliphatic rings. The van der Waals surface area contributed by atoms with Crippen molar-refractivity contribution in [1.82, 2.24) is 5.32 Å². The van der Waals surface area contributed by atoms with Gasteiger partial charge < -0.3 is 15.8 Å². The van der Waals surface area contributed by atoms with Gasteiger partial charge in [-0.25, -0.2) is 4.79 Å². The van der Waals surface area contributed by atoms with Gasteiger partial charge in [0.1, 0.15) is 6.04 Å². The minimum atomic E-state index is -0.704. The number of ether oxygens (including phenoxy) is 1. The molecule has 0 bridgehead atoms. The van der Waals surface area contributed by atoms with Gasteiger partial charge in [-0.3, -0.25) is 10.2 Å². The van der Waals surface area contributed by atoms with Crippen molar-refractivity contribution in [1.29, 1.82) is 5.41 Å². The summed E-state index contributed by atoms with van der Waals surface area (Å²) in [5, 5.41) is 9.34. The van der Waals surface area contributed by atoms with Crippen LogP contribution >= 0.6 is 21.6 Å². The first kappa shape index (κ1) is 14.1. The van der Waals surface area contributed by atoms with Crippen LogP contribution < -0.4 is 11.1 Å². The second kappa shape index (κ2) is 7.41. The van der Waals surface area contributed by atoms with Crippen molar-refractivity contribution in [3.05, 3.63) is 0 Å². The molecule has 0 aromatic carbocycles. The largest absolute Gasteiger partial charge is 0.467 e. The number of hydrogen-bond donors (Lipinski definition) is 3. The standard InChI is InChI=1S/C7H13N3O3S2/c1-4(11)10-5(6(12)13-2)3-14-15-7(8)9/h5H,3H2,1-2H3,(H3,8,9)(H,10,11). The van der Waals surface area contributed by atoms with Crippen LogP contribution in [-0.2, 0) is 14.3 Å². The van der Waals surface area contributed by atoms with Gasteiger partial charge in [0.15, 0.2) is 5.17 Å². The Morgan fingerprint density at radius 3 is 2.60 bits per heavy atom. The maximum absolute atomic E-state index is 11.2. The van der Waals surface area contributed by atoms with E-state index in [9.17, 15) is 9.59 Å². The first-order chi connectivity index (χ1) is 6.97. The van der Waals surface area contributed by atoms with E-state index in [0.717, 1.165) is 10.8 Å². The number of nitrogens with one attached hydrogen (secondary N) is 2. The van der Waals surface area contributed by atoms with E-state index >= 15 is 0 Å². The van der Waals surface area contributed by atoms with E-state index in [1.54, 1.807) is 0 Å². The van der Waals surface area contributed by atoms with Gasteiger partial charge in [-0.2, -0.15) is 0 Å². The Labute approximate surface area is 95.6 Å². The average molecular weight is 251 g/mol. The lowest BCUT2D eigenvalue weighted by Gasteiger charge is -2.14. The van der Waals surface area contributed by atoms with Crippen LogP contribution in [0.5, 0.6) is 0 Å². The summed E-state index contributed by atoms with van der Waals surface area (Å²) in [6.07, 6.45) is 0. The van der Waals surface area contributed by atoms with Gasteiger partial charge in [-0.1, -0.05) is 10.8 Å². The zero-order valence-corrected chi connectivity index (χ0v) is 10.0. The molecule has 8 heteroatoms. The van der Waals surface area contributed by atoms with Gasteiger partial charge in [0.05, 0.1) is 7.11 Å². The molecule has 0 heterocycles. The average Bonchev–Trinajstić information content (AvgIpc) is 2.14. The van der Waals surface area contributed by atoms with Gasteiger partial charge in [-0.05, 0) is 10.8 Å². The third-order valence-corrected chi connectivity index (χ3v) is 3.31. The number of carbonyl (C=O) groups is 2. The lowest BCUT2D eigenvalue weighted by atomic mass is 10.3. The molecule has 0 spiro atoms. The van der Waals surface area contributed by atoms with Crippen LogP contribution in [0.4, 0.5) is 0 Å². The Morgan fingerprint density at radius 2 is 2.20 bits per heavy atom. The summed E-state index contributed by atoms with van der Waals surface area (Å²) in [6, 6.07) is -0.704. The molecule has 15 heavy (non-hydrogen) atoms. The number of esters is 1. The highest BCUT2D eigenvalue weighted by molar-refractivity contribution is 8.82. The van der Waals surface area contributed by atoms with Crippen LogP contribution in [0.2, 0.25) is 0 Å². The Kier molecular flexibility index (Phi) is 6.97. The third kappa shape index (κ3) is 7.09. The van der Waals surface area contributed by atoms with Crippen molar-refractivity contribution in [3.63, 3.8) is 0 Å². The lowest BCUT2D eigenvalue weighted by Crippen LogP contribution is -2.42. The van der Waals surface area contributed by atoms with Gasteiger partial charge in [0.25, 0.3) is 0 Å². The van der Waals surface area contributed by atoms with E-state index in [0.29, 0.717) is 5.75 Å². The van der Waals surface area contributed by atoms with Gasteiger partial charge >= 0.3 is 5.97 Å². The van der Waals surface area contributed by atoms with E-state index in [-0.39, 0.29) is 11.1 Å². The van der Waals surface area contributed by atoms with Crippen molar-refractivity contribution in [2.75, 3.05) is 12.9 Å². The van der Waals surface area contributed by atoms with E-state index in [2.05, 4.69) is 10.1 Å². The fourth-order valence-corrected chi connectivity index (χ4v) is 2.27. The molecule has 0 aliphatic heterocycles. The predicted molar refractivity (Wildman–Crippen MR) is 61.6 cm³/mol. The normalized spacial score (nSPS) is 11.6. The molecule has 0 aliphatic carbocycles. The number of amidine groups is 1. The maximum atomic E-state index is 11.2. The Morgan fingerprint density at radius 1 is 1.60 bits per heavy atom. The highest BCUT2D eigenvalue weighted by Gasteiger charge is 2.20. The second-order valence-electron chi connectivity index (χ2n) is 2.51. The van der Waals surface area contributed by atoms with Crippen molar-refractivity contribution in [2.24, 2.45) is 5.73 Å². The molecule has 6 nitrogen and oxygen atoms in total. The SMILES string of the molecule is COC(=O)C(CSSC(=N)N)NC(C)=O. The van der Waals surface area contributed by atoms with Gasteiger partial charge in [0, 0.05) is 12.7 Å². The summed E-state index contributed by atoms with van der Waals surface area (Å²) in [6.45, 7) is 1.32. The van der Waals surface area contributed by atoms with Crippen LogP contribution in [-0.4, -0.2) is 35.9 Å². The molecular formula is C7H13N3O3S2. The van der Waals surface area contributed by atoms with E-state index < -0.39 is 12.0 Å². The van der Waals surface area contributed by atoms with Crippen LogP contribution in [0.1, 0.15) is 6.92 Å². The Hall–Kier alpha value is -0.890. The topological polar surface area (TPSA) is 105 Å². The minimum absolute atomic E-state index is 0.0496. The first-order valence-corrected chi connectivity index (χ1v) is 6.27. The highest BCUT2D eigenvalue weighted by atomic mass is 33.1. The van der Waals surface area contributed by atoms with Gasteiger partial charge in [0.2, 0.25) is 5.91 Å². The highest BCUT2D eigenvalue weighted by Crippen LogP contribution is 2.21. The number of amides is 1. The minimum Gasteiger partial charge on any atom is -0.467 e. The number of rotatable bonds is 5. The predicted octanol–water partition coefficient (Wildman–Crippen LogP) is -0.0610. The fourth-order valence-electron chi connectivity index (χ4n) is 0.722. The van der Waals surface area contributed by atoms with Crippen molar-refractivity contribution >= 4 is 38.6 Å². The quantitative estimate of drug-likeness (QED) is 0.273. The molecule has 1 atom stereocenters. The summed E-state index contributed by atoms with van der Waals surface area (Å²) in [4.78, 5) is 21.9. The van der Waals surface area contributed by atoms with E-state index in [4.69, 9.17) is 11.1 Å². The molecule has 0 rings (SSSR count). The van der Waals surface area contributed by atoms with E-state index in [1.165, 1.54) is 24.8 Å². The molecular weight excluding hydrogens is 238 g/mol. The number of methoxy groups -OCH3 is 1. The molecule has 4 N–H and O–H groups in total. The Bertz CT molecular complexity index is 260. The number of carbonyl (C=O) groups excluding carboxylic acids is 2. The Balaban J connectivity index is 4.07. The summed E-state index contributed by atoms with van der Waals surface area (Å²) in [5.41, 5.74) is 5.11. The first-order valence-electron chi connectivity index (χ1n) is 3.95. The third-order valence-electron chi connectivity index (χ3n) is 1.25. The van der Waals surface area contributed by atoms with Crippen LogP contribution in [0.15, 0.2) is 0 Å². The smallest absolute Gasteiger partial charge is 0.329 e. The zero-order chi connectivity index (χ0) is 11.8. The van der Waals surface area contributed by atoms with E-state index in [1.807, 2.05) is 0 Å². The summed E-state index contributed by atoms with van der Waals surface area (Å²) in [5.74, 6) is -0.517.